The third-order valence-corrected chi connectivity index (χ3v) is 10.1. The third kappa shape index (κ3) is 3.68. The fraction of sp³-hybridized carbons (Fsp3) is 0.400. The van der Waals surface area contributed by atoms with Gasteiger partial charge in [-0.05, 0) is 0 Å². The second-order valence-electron chi connectivity index (χ2n) is 7.77. The van der Waals surface area contributed by atoms with Crippen LogP contribution in [-0.4, -0.2) is 47.3 Å². The molecule has 2 aromatic rings. The van der Waals surface area contributed by atoms with E-state index in [9.17, 15) is 4.79 Å². The van der Waals surface area contributed by atoms with Gasteiger partial charge < -0.3 is 0 Å². The normalized spacial score (nSPS) is 17.4. The van der Waals surface area contributed by atoms with E-state index in [-0.39, 0.29) is 11.9 Å². The Morgan fingerprint density at radius 2 is 1.88 bits per heavy atom. The van der Waals surface area contributed by atoms with Crippen molar-refractivity contribution < 1.29 is 9.53 Å². The number of benzene rings is 1. The Labute approximate surface area is 154 Å². The van der Waals surface area contributed by atoms with E-state index in [0.717, 1.165) is 23.3 Å². The van der Waals surface area contributed by atoms with Crippen LogP contribution in [0.2, 0.25) is 14.8 Å². The molecule has 0 saturated heterocycles. The Kier molecular flexibility index (Phi) is 5.09. The molecule has 1 aromatic heterocycles. The van der Waals surface area contributed by atoms with Gasteiger partial charge >= 0.3 is 154 Å². The number of hydrogen-bond donors (Lipinski definition) is 0. The van der Waals surface area contributed by atoms with Gasteiger partial charge in [0.05, 0.1) is 0 Å². The molecule has 0 bridgehead atoms. The first kappa shape index (κ1) is 18.2. The molecule has 25 heavy (non-hydrogen) atoms. The van der Waals surface area contributed by atoms with Crippen LogP contribution in [0.15, 0.2) is 36.5 Å². The summed E-state index contributed by atoms with van der Waals surface area (Å²) in [4.78, 5) is 26.8. The Hall–Kier alpha value is -1.56. The molecule has 1 aliphatic heterocycles. The van der Waals surface area contributed by atoms with E-state index in [4.69, 9.17) is 4.74 Å². The summed E-state index contributed by atoms with van der Waals surface area (Å²) < 4.78 is 6.46. The van der Waals surface area contributed by atoms with Gasteiger partial charge in [0.15, 0.2) is 0 Å². The van der Waals surface area contributed by atoms with Gasteiger partial charge in [-0.2, -0.15) is 0 Å². The molecule has 0 aliphatic carbocycles. The molecule has 0 saturated carbocycles. The summed E-state index contributed by atoms with van der Waals surface area (Å²) in [6, 6.07) is 10.0. The molecule has 0 fully saturated rings. The predicted octanol–water partition coefficient (Wildman–Crippen LogP) is 3.22. The van der Waals surface area contributed by atoms with Crippen molar-refractivity contribution in [2.75, 3.05) is 7.11 Å². The Balaban J connectivity index is 1.91. The molecule has 3 rings (SSSR count). The fourth-order valence-electron chi connectivity index (χ4n) is 3.46. The van der Waals surface area contributed by atoms with E-state index in [1.807, 2.05) is 41.4 Å². The van der Waals surface area contributed by atoms with Crippen LogP contribution in [0.1, 0.15) is 28.4 Å². The third-order valence-electron chi connectivity index (χ3n) is 4.80. The van der Waals surface area contributed by atoms with Crippen molar-refractivity contribution >= 4 is 28.0 Å². The summed E-state index contributed by atoms with van der Waals surface area (Å²) in [7, 11) is 1.66. The summed E-state index contributed by atoms with van der Waals surface area (Å²) >= 11 is -2.35. The van der Waals surface area contributed by atoms with Crippen LogP contribution in [-0.2, 0) is 13.0 Å². The second kappa shape index (κ2) is 6.98. The average Bonchev–Trinajstić information content (AvgIpc) is 2.58. The molecule has 1 amide bonds. The quantitative estimate of drug-likeness (QED) is 0.680. The van der Waals surface area contributed by atoms with Crippen LogP contribution < -0.4 is 8.45 Å². The number of carbonyl (C=O) groups is 1. The van der Waals surface area contributed by atoms with Crippen LogP contribution in [0.4, 0.5) is 0 Å². The van der Waals surface area contributed by atoms with E-state index in [0.29, 0.717) is 6.54 Å². The van der Waals surface area contributed by atoms with Gasteiger partial charge in [-0.3, -0.25) is 0 Å². The van der Waals surface area contributed by atoms with Crippen molar-refractivity contribution in [1.29, 1.82) is 0 Å². The standard InChI is InChI=1S/C17H17N2O2.3CH3.Sn/c1-12-9-14-10-18-8-7-16(14)17(20)19(12)11-13-3-5-15(21-2)6-4-13;;;;/h3-8,12H,9,11H2,1-2H3;3*1H3;. The van der Waals surface area contributed by atoms with E-state index in [1.54, 1.807) is 7.11 Å². The summed E-state index contributed by atoms with van der Waals surface area (Å²) in [5, 5.41) is 0. The zero-order valence-corrected chi connectivity index (χ0v) is 18.5. The number of rotatable bonds is 4. The van der Waals surface area contributed by atoms with Gasteiger partial charge in [-0.25, -0.2) is 0 Å². The van der Waals surface area contributed by atoms with E-state index < -0.39 is 18.4 Å². The number of ether oxygens (including phenoxy) is 1. The number of fused-ring (bicyclic) bond motifs is 1. The van der Waals surface area contributed by atoms with Gasteiger partial charge in [-0.15, -0.1) is 0 Å². The number of aromatic nitrogens is 1. The van der Waals surface area contributed by atoms with Gasteiger partial charge in [-0.1, -0.05) is 0 Å². The zero-order valence-electron chi connectivity index (χ0n) is 15.7. The van der Waals surface area contributed by atoms with Crippen molar-refractivity contribution in [1.82, 2.24) is 9.88 Å². The summed E-state index contributed by atoms with van der Waals surface area (Å²) in [5.74, 6) is 0.962. The SMILES string of the molecule is COc1ccc(CN2C(=O)c3ccn[c]([Sn]([CH3])([CH3])[CH3])c3CC2C)cc1. The molecule has 0 radical (unpaired) electrons. The molecule has 0 spiro atoms. The molecular weight excluding hydrogens is 419 g/mol. The Morgan fingerprint density at radius 3 is 2.48 bits per heavy atom. The molecule has 1 unspecified atom stereocenters. The molecule has 0 N–H and O–H groups in total. The average molecular weight is 445 g/mol. The van der Waals surface area contributed by atoms with Crippen molar-refractivity contribution in [2.45, 2.75) is 40.8 Å². The molecule has 4 nitrogen and oxygen atoms in total. The first-order valence-electron chi connectivity index (χ1n) is 8.73. The number of amides is 1. The number of pyridine rings is 1. The minimum atomic E-state index is -2.35. The van der Waals surface area contributed by atoms with Crippen LogP contribution in [0.5, 0.6) is 5.75 Å². The Bertz CT molecular complexity index is 781. The van der Waals surface area contributed by atoms with E-state index >= 15 is 0 Å². The molecule has 132 valence electrons. The van der Waals surface area contributed by atoms with E-state index in [1.165, 1.54) is 9.27 Å². The van der Waals surface area contributed by atoms with Gasteiger partial charge in [0.2, 0.25) is 0 Å². The Morgan fingerprint density at radius 1 is 1.20 bits per heavy atom. The van der Waals surface area contributed by atoms with Gasteiger partial charge in [0, 0.05) is 0 Å². The zero-order chi connectivity index (χ0) is 18.2. The molecule has 2 heterocycles. The van der Waals surface area contributed by atoms with E-state index in [2.05, 4.69) is 26.7 Å². The first-order chi connectivity index (χ1) is 11.8. The summed E-state index contributed by atoms with van der Waals surface area (Å²) in [5.41, 5.74) is 3.17. The topological polar surface area (TPSA) is 42.4 Å². The van der Waals surface area contributed by atoms with Crippen molar-refractivity contribution in [2.24, 2.45) is 0 Å². The predicted molar refractivity (Wildman–Crippen MR) is 103 cm³/mol. The van der Waals surface area contributed by atoms with Crippen LogP contribution in [0.3, 0.4) is 0 Å². The molecule has 1 aliphatic rings. The number of hydrogen-bond acceptors (Lipinski definition) is 3. The maximum atomic E-state index is 13.1. The molecule has 1 aromatic carbocycles. The van der Waals surface area contributed by atoms with Crippen LogP contribution in [0, 0.1) is 0 Å². The minimum absolute atomic E-state index is 0.128. The fourth-order valence-corrected chi connectivity index (χ4v) is 8.04. The first-order valence-corrected chi connectivity index (χ1v) is 18.7. The number of carbonyl (C=O) groups excluding carboxylic acids is 1. The monoisotopic (exact) mass is 446 g/mol. The molecule has 5 heteroatoms. The van der Waals surface area contributed by atoms with Gasteiger partial charge in [0.25, 0.3) is 0 Å². The second-order valence-corrected chi connectivity index (χ2v) is 22.0. The number of nitrogens with zero attached hydrogens (tertiary/aromatic N) is 2. The van der Waals surface area contributed by atoms with Crippen LogP contribution in [0.25, 0.3) is 0 Å². The summed E-state index contributed by atoms with van der Waals surface area (Å²) in [6.45, 7) is 2.76. The number of methoxy groups -OCH3 is 1. The van der Waals surface area contributed by atoms with Crippen molar-refractivity contribution in [3.05, 3.63) is 53.2 Å². The van der Waals surface area contributed by atoms with Crippen molar-refractivity contribution in [3.8, 4) is 5.75 Å². The maximum absolute atomic E-state index is 13.1. The molecular formula is C20H26N2O2Sn. The van der Waals surface area contributed by atoms with Crippen LogP contribution >= 0.6 is 0 Å². The summed E-state index contributed by atoms with van der Waals surface area (Å²) in [6.07, 6.45) is 2.71. The molecule has 1 atom stereocenters. The van der Waals surface area contributed by atoms with Gasteiger partial charge in [0.1, 0.15) is 0 Å². The van der Waals surface area contributed by atoms with Crippen molar-refractivity contribution in [3.63, 3.8) is 0 Å².